The molecule has 0 amide bonds. The molecule has 1 N–H and O–H groups in total. The van der Waals surface area contributed by atoms with Crippen molar-refractivity contribution in [3.05, 3.63) is 34.4 Å². The Morgan fingerprint density at radius 1 is 1.08 bits per heavy atom. The van der Waals surface area contributed by atoms with Gasteiger partial charge in [0.2, 0.25) is 0 Å². The Kier molecular flexibility index (Phi) is 2.53. The van der Waals surface area contributed by atoms with Gasteiger partial charge in [0.25, 0.3) is 0 Å². The van der Waals surface area contributed by atoms with Crippen LogP contribution in [0, 0.1) is 20.8 Å². The summed E-state index contributed by atoms with van der Waals surface area (Å²) in [5.74, 6) is 0. The molecule has 0 bridgehead atoms. The molecule has 0 saturated heterocycles. The van der Waals surface area contributed by atoms with Crippen LogP contribution >= 0.6 is 0 Å². The molecular formula is C11H16O. The summed E-state index contributed by atoms with van der Waals surface area (Å²) in [7, 11) is 0. The van der Waals surface area contributed by atoms with E-state index in [-0.39, 0.29) is 6.10 Å². The Morgan fingerprint density at radius 3 is 1.83 bits per heavy atom. The van der Waals surface area contributed by atoms with Crippen LogP contribution in [0.2, 0.25) is 0 Å². The van der Waals surface area contributed by atoms with Crippen molar-refractivity contribution in [3.63, 3.8) is 0 Å². The summed E-state index contributed by atoms with van der Waals surface area (Å²) in [5, 5.41) is 9.48. The van der Waals surface area contributed by atoms with Crippen molar-refractivity contribution in [2.45, 2.75) is 33.8 Å². The lowest BCUT2D eigenvalue weighted by Crippen LogP contribution is -1.99. The van der Waals surface area contributed by atoms with Crippen molar-refractivity contribution in [3.8, 4) is 0 Å². The van der Waals surface area contributed by atoms with Gasteiger partial charge in [0.1, 0.15) is 0 Å². The van der Waals surface area contributed by atoms with Crippen molar-refractivity contribution in [1.82, 2.24) is 0 Å². The van der Waals surface area contributed by atoms with E-state index in [9.17, 15) is 5.11 Å². The van der Waals surface area contributed by atoms with E-state index in [0.717, 1.165) is 5.56 Å². The highest BCUT2D eigenvalue weighted by atomic mass is 16.3. The first-order chi connectivity index (χ1) is 5.52. The van der Waals surface area contributed by atoms with Crippen LogP contribution in [0.1, 0.15) is 35.3 Å². The molecule has 1 aromatic carbocycles. The summed E-state index contributed by atoms with van der Waals surface area (Å²) in [4.78, 5) is 0. The van der Waals surface area contributed by atoms with Gasteiger partial charge in [0.05, 0.1) is 6.10 Å². The summed E-state index contributed by atoms with van der Waals surface area (Å²) in [6.07, 6.45) is -0.356. The highest BCUT2D eigenvalue weighted by Crippen LogP contribution is 2.22. The Labute approximate surface area is 74.1 Å². The van der Waals surface area contributed by atoms with Gasteiger partial charge in [-0.2, -0.15) is 0 Å². The Bertz CT molecular complexity index is 264. The van der Waals surface area contributed by atoms with Crippen LogP contribution in [0.25, 0.3) is 0 Å². The molecule has 0 aromatic heterocycles. The van der Waals surface area contributed by atoms with Gasteiger partial charge in [-0.05, 0) is 44.4 Å². The lowest BCUT2D eigenvalue weighted by molar-refractivity contribution is 0.198. The molecule has 66 valence electrons. The van der Waals surface area contributed by atoms with E-state index in [4.69, 9.17) is 0 Å². The average Bonchev–Trinajstić information content (AvgIpc) is 1.82. The highest BCUT2D eigenvalue weighted by molar-refractivity contribution is 5.38. The number of aliphatic hydroxyl groups excluding tert-OH is 1. The monoisotopic (exact) mass is 164 g/mol. The fourth-order valence-electron chi connectivity index (χ4n) is 1.85. The van der Waals surface area contributed by atoms with Gasteiger partial charge in [-0.1, -0.05) is 17.7 Å². The number of benzene rings is 1. The topological polar surface area (TPSA) is 20.2 Å². The zero-order valence-corrected chi connectivity index (χ0v) is 8.18. The number of aliphatic hydroxyl groups is 1. The first-order valence-corrected chi connectivity index (χ1v) is 4.28. The van der Waals surface area contributed by atoms with E-state index in [0.29, 0.717) is 0 Å². The summed E-state index contributed by atoms with van der Waals surface area (Å²) in [6.45, 7) is 7.97. The molecule has 12 heavy (non-hydrogen) atoms. The minimum Gasteiger partial charge on any atom is -0.389 e. The van der Waals surface area contributed by atoms with Crippen LogP contribution in [0.3, 0.4) is 0 Å². The van der Waals surface area contributed by atoms with Crippen LogP contribution in [0.5, 0.6) is 0 Å². The summed E-state index contributed by atoms with van der Waals surface area (Å²) >= 11 is 0. The van der Waals surface area contributed by atoms with Gasteiger partial charge in [-0.25, -0.2) is 0 Å². The zero-order chi connectivity index (χ0) is 9.30. The average molecular weight is 164 g/mol. The van der Waals surface area contributed by atoms with Crippen molar-refractivity contribution < 1.29 is 5.11 Å². The number of hydrogen-bond donors (Lipinski definition) is 1. The largest absolute Gasteiger partial charge is 0.389 e. The first kappa shape index (κ1) is 9.27. The predicted molar refractivity (Wildman–Crippen MR) is 51.3 cm³/mol. The van der Waals surface area contributed by atoms with Gasteiger partial charge >= 0.3 is 0 Å². The molecule has 0 radical (unpaired) electrons. The molecule has 0 heterocycles. The number of aryl methyl sites for hydroxylation is 3. The molecule has 0 saturated carbocycles. The maximum atomic E-state index is 9.48. The van der Waals surface area contributed by atoms with Crippen LogP contribution in [0.15, 0.2) is 12.1 Å². The standard InChI is InChI=1S/C11H16O/c1-7-5-8(2)11(10(4)12)9(3)6-7/h5-6,10,12H,1-4H3/t10-/m0/s1. The van der Waals surface area contributed by atoms with Crippen LogP contribution in [-0.2, 0) is 0 Å². The van der Waals surface area contributed by atoms with E-state index in [1.165, 1.54) is 16.7 Å². The predicted octanol–water partition coefficient (Wildman–Crippen LogP) is 2.67. The second-order valence-corrected chi connectivity index (χ2v) is 3.49. The zero-order valence-electron chi connectivity index (χ0n) is 8.18. The molecule has 1 rings (SSSR count). The molecule has 0 aliphatic carbocycles. The minimum absolute atomic E-state index is 0.356. The number of rotatable bonds is 1. The van der Waals surface area contributed by atoms with Gasteiger partial charge in [0, 0.05) is 0 Å². The van der Waals surface area contributed by atoms with E-state index in [1.54, 1.807) is 0 Å². The normalized spacial score (nSPS) is 13.1. The molecule has 1 nitrogen and oxygen atoms in total. The molecule has 1 aromatic rings. The quantitative estimate of drug-likeness (QED) is 0.676. The van der Waals surface area contributed by atoms with E-state index >= 15 is 0 Å². The molecule has 0 aliphatic heterocycles. The first-order valence-electron chi connectivity index (χ1n) is 4.28. The summed E-state index contributed by atoms with van der Waals surface area (Å²) in [6, 6.07) is 4.21. The van der Waals surface area contributed by atoms with E-state index < -0.39 is 0 Å². The third-order valence-corrected chi connectivity index (χ3v) is 2.16. The van der Waals surface area contributed by atoms with E-state index in [2.05, 4.69) is 19.1 Å². The smallest absolute Gasteiger partial charge is 0.0767 e. The number of hydrogen-bond acceptors (Lipinski definition) is 1. The Balaban J connectivity index is 3.28. The van der Waals surface area contributed by atoms with Crippen LogP contribution < -0.4 is 0 Å². The maximum absolute atomic E-state index is 9.48. The fourth-order valence-corrected chi connectivity index (χ4v) is 1.85. The molecule has 1 heteroatoms. The summed E-state index contributed by atoms with van der Waals surface area (Å²) < 4.78 is 0. The molecule has 0 unspecified atom stereocenters. The van der Waals surface area contributed by atoms with Gasteiger partial charge in [-0.15, -0.1) is 0 Å². The molecule has 0 spiro atoms. The van der Waals surface area contributed by atoms with Crippen molar-refractivity contribution in [2.24, 2.45) is 0 Å². The second kappa shape index (κ2) is 3.28. The van der Waals surface area contributed by atoms with E-state index in [1.807, 2.05) is 20.8 Å². The minimum atomic E-state index is -0.356. The lowest BCUT2D eigenvalue weighted by atomic mass is 9.96. The fraction of sp³-hybridized carbons (Fsp3) is 0.455. The maximum Gasteiger partial charge on any atom is 0.0767 e. The van der Waals surface area contributed by atoms with Crippen molar-refractivity contribution in [1.29, 1.82) is 0 Å². The van der Waals surface area contributed by atoms with Crippen molar-refractivity contribution in [2.75, 3.05) is 0 Å². The summed E-state index contributed by atoms with van der Waals surface area (Å²) in [5.41, 5.74) is 4.69. The van der Waals surface area contributed by atoms with Crippen LogP contribution in [0.4, 0.5) is 0 Å². The van der Waals surface area contributed by atoms with Gasteiger partial charge < -0.3 is 5.11 Å². The molecule has 0 aliphatic rings. The molecular weight excluding hydrogens is 148 g/mol. The SMILES string of the molecule is Cc1cc(C)c([C@H](C)O)c(C)c1. The highest BCUT2D eigenvalue weighted by Gasteiger charge is 2.07. The lowest BCUT2D eigenvalue weighted by Gasteiger charge is -2.13. The third-order valence-electron chi connectivity index (χ3n) is 2.16. The Hall–Kier alpha value is -0.820. The second-order valence-electron chi connectivity index (χ2n) is 3.49. The Morgan fingerprint density at radius 2 is 1.50 bits per heavy atom. The van der Waals surface area contributed by atoms with Crippen LogP contribution in [-0.4, -0.2) is 5.11 Å². The molecule has 1 atom stereocenters. The van der Waals surface area contributed by atoms with Gasteiger partial charge in [-0.3, -0.25) is 0 Å². The van der Waals surface area contributed by atoms with Gasteiger partial charge in [0.15, 0.2) is 0 Å². The van der Waals surface area contributed by atoms with Crippen molar-refractivity contribution >= 4 is 0 Å². The third kappa shape index (κ3) is 1.67. The molecule has 0 fully saturated rings.